The van der Waals surface area contributed by atoms with Gasteiger partial charge in [0.25, 0.3) is 0 Å². The van der Waals surface area contributed by atoms with Gasteiger partial charge in [0.05, 0.1) is 19.1 Å². The smallest absolute Gasteiger partial charge is 0.312 e. The van der Waals surface area contributed by atoms with Crippen LogP contribution in [0.15, 0.2) is 4.99 Å². The number of guanidine groups is 1. The van der Waals surface area contributed by atoms with Crippen LogP contribution in [0.1, 0.15) is 6.92 Å². The number of ether oxygens (including phenoxy) is 1. The Labute approximate surface area is 83.1 Å². The first-order valence-corrected chi connectivity index (χ1v) is 3.94. The third kappa shape index (κ3) is 3.50. The van der Waals surface area contributed by atoms with E-state index >= 15 is 0 Å². The molecule has 1 unspecified atom stereocenters. The summed E-state index contributed by atoms with van der Waals surface area (Å²) in [6.45, 7) is 3.14. The lowest BCUT2D eigenvalue weighted by Gasteiger charge is -2.18. The molecule has 0 aromatic rings. The van der Waals surface area contributed by atoms with Crippen molar-refractivity contribution in [3.63, 3.8) is 0 Å². The number of aliphatic imine (C=N–C) groups is 1. The fourth-order valence-electron chi connectivity index (χ4n) is 0.975. The van der Waals surface area contributed by atoms with Crippen LogP contribution in [0.2, 0.25) is 0 Å². The first kappa shape index (κ1) is 12.0. The number of nitrogens with one attached hydrogen (secondary N) is 1. The molecule has 1 heterocycles. The maximum atomic E-state index is 11.1. The molecule has 0 fully saturated rings. The first-order valence-electron chi connectivity index (χ1n) is 3.94. The largest absolute Gasteiger partial charge is 0.466 e. The minimum Gasteiger partial charge on any atom is -0.466 e. The van der Waals surface area contributed by atoms with Gasteiger partial charge in [-0.25, -0.2) is 0 Å². The Morgan fingerprint density at radius 2 is 2.54 bits per heavy atom. The topological polar surface area (TPSA) is 76.7 Å². The Balaban J connectivity index is 0.00000144. The summed E-state index contributed by atoms with van der Waals surface area (Å²) in [4.78, 5) is 15.0. The quantitative estimate of drug-likeness (QED) is 0.599. The SMILES string of the molecule is CCOC(=O)C1CN=C(N)NC1.Cl. The highest BCUT2D eigenvalue weighted by Gasteiger charge is 2.22. The van der Waals surface area contributed by atoms with E-state index in [-0.39, 0.29) is 24.3 Å². The molecule has 0 aromatic carbocycles. The summed E-state index contributed by atoms with van der Waals surface area (Å²) in [5.74, 6) is 0.00838. The third-order valence-electron chi connectivity index (χ3n) is 1.63. The van der Waals surface area contributed by atoms with Crippen LogP contribution in [0.4, 0.5) is 0 Å². The molecule has 1 atom stereocenters. The van der Waals surface area contributed by atoms with Gasteiger partial charge in [0.1, 0.15) is 0 Å². The number of esters is 1. The highest BCUT2D eigenvalue weighted by atomic mass is 35.5. The summed E-state index contributed by atoms with van der Waals surface area (Å²) in [6.07, 6.45) is 0. The molecule has 0 radical (unpaired) electrons. The van der Waals surface area contributed by atoms with Gasteiger partial charge in [0.2, 0.25) is 0 Å². The van der Waals surface area contributed by atoms with E-state index in [2.05, 4.69) is 10.3 Å². The molecule has 76 valence electrons. The molecule has 0 spiro atoms. The number of hydrogen-bond acceptors (Lipinski definition) is 5. The number of halogens is 1. The Morgan fingerprint density at radius 1 is 1.85 bits per heavy atom. The van der Waals surface area contributed by atoms with Gasteiger partial charge in [-0.05, 0) is 6.92 Å². The van der Waals surface area contributed by atoms with Crippen LogP contribution >= 0.6 is 12.4 Å². The molecule has 0 bridgehead atoms. The summed E-state index contributed by atoms with van der Waals surface area (Å²) in [6, 6.07) is 0. The zero-order valence-corrected chi connectivity index (χ0v) is 8.26. The number of carbonyl (C=O) groups excluding carboxylic acids is 1. The second kappa shape index (κ2) is 5.64. The Kier molecular flexibility index (Phi) is 5.22. The van der Waals surface area contributed by atoms with Crippen molar-refractivity contribution < 1.29 is 9.53 Å². The third-order valence-corrected chi connectivity index (χ3v) is 1.63. The Bertz CT molecular complexity index is 208. The molecule has 1 rings (SSSR count). The van der Waals surface area contributed by atoms with Crippen LogP contribution in [0, 0.1) is 5.92 Å². The number of hydrogen-bond donors (Lipinski definition) is 2. The monoisotopic (exact) mass is 207 g/mol. The highest BCUT2D eigenvalue weighted by molar-refractivity contribution is 5.85. The number of nitrogens with zero attached hydrogens (tertiary/aromatic N) is 1. The summed E-state index contributed by atoms with van der Waals surface area (Å²) in [5, 5.41) is 2.80. The average molecular weight is 208 g/mol. The standard InChI is InChI=1S/C7H13N3O2.ClH/c1-2-12-6(11)5-3-9-7(8)10-4-5;/h5H,2-4H2,1H3,(H3,8,9,10);1H. The first-order chi connectivity index (χ1) is 5.74. The molecule has 5 nitrogen and oxygen atoms in total. The lowest BCUT2D eigenvalue weighted by atomic mass is 10.1. The van der Waals surface area contributed by atoms with Crippen molar-refractivity contribution >= 4 is 24.3 Å². The van der Waals surface area contributed by atoms with Gasteiger partial charge < -0.3 is 15.8 Å². The van der Waals surface area contributed by atoms with Crippen LogP contribution in [-0.2, 0) is 9.53 Å². The van der Waals surface area contributed by atoms with Gasteiger partial charge in [-0.15, -0.1) is 12.4 Å². The van der Waals surface area contributed by atoms with Gasteiger partial charge in [-0.1, -0.05) is 0 Å². The van der Waals surface area contributed by atoms with E-state index in [1.54, 1.807) is 6.92 Å². The maximum absolute atomic E-state index is 11.1. The second-order valence-electron chi connectivity index (χ2n) is 2.56. The highest BCUT2D eigenvalue weighted by Crippen LogP contribution is 2.02. The molecule has 1 aliphatic rings. The van der Waals surface area contributed by atoms with E-state index in [0.717, 1.165) is 0 Å². The van der Waals surface area contributed by atoms with E-state index in [9.17, 15) is 4.79 Å². The predicted octanol–water partition coefficient (Wildman–Crippen LogP) is -0.495. The van der Waals surface area contributed by atoms with Crippen molar-refractivity contribution in [1.29, 1.82) is 0 Å². The molecular formula is C7H14ClN3O2. The number of nitrogens with two attached hydrogens (primary N) is 1. The molecule has 1 aliphatic heterocycles. The van der Waals surface area contributed by atoms with Crippen LogP contribution in [-0.4, -0.2) is 31.6 Å². The van der Waals surface area contributed by atoms with Gasteiger partial charge >= 0.3 is 5.97 Å². The minimum absolute atomic E-state index is 0. The Hall–Kier alpha value is -0.970. The second-order valence-corrected chi connectivity index (χ2v) is 2.56. The van der Waals surface area contributed by atoms with Crippen molar-refractivity contribution in [1.82, 2.24) is 5.32 Å². The van der Waals surface area contributed by atoms with E-state index in [1.165, 1.54) is 0 Å². The maximum Gasteiger partial charge on any atom is 0.312 e. The van der Waals surface area contributed by atoms with Crippen LogP contribution < -0.4 is 11.1 Å². The number of carbonyl (C=O) groups is 1. The summed E-state index contributed by atoms with van der Waals surface area (Å²) in [7, 11) is 0. The molecule has 0 aromatic heterocycles. The van der Waals surface area contributed by atoms with Crippen LogP contribution in [0.25, 0.3) is 0 Å². The Morgan fingerprint density at radius 3 is 3.00 bits per heavy atom. The fraction of sp³-hybridized carbons (Fsp3) is 0.714. The zero-order valence-electron chi connectivity index (χ0n) is 7.45. The molecule has 3 N–H and O–H groups in total. The molecule has 0 amide bonds. The van der Waals surface area contributed by atoms with Crippen molar-refractivity contribution in [2.75, 3.05) is 19.7 Å². The lowest BCUT2D eigenvalue weighted by Crippen LogP contribution is -2.43. The van der Waals surface area contributed by atoms with E-state index in [4.69, 9.17) is 10.5 Å². The average Bonchev–Trinajstić information content (AvgIpc) is 2.06. The van der Waals surface area contributed by atoms with E-state index < -0.39 is 0 Å². The lowest BCUT2D eigenvalue weighted by molar-refractivity contribution is -0.147. The summed E-state index contributed by atoms with van der Waals surface area (Å²) < 4.78 is 4.83. The summed E-state index contributed by atoms with van der Waals surface area (Å²) in [5.41, 5.74) is 5.36. The van der Waals surface area contributed by atoms with Crippen LogP contribution in [0.5, 0.6) is 0 Å². The van der Waals surface area contributed by atoms with Gasteiger partial charge in [-0.3, -0.25) is 9.79 Å². The molecule has 0 saturated heterocycles. The van der Waals surface area contributed by atoms with Crippen molar-refractivity contribution in [2.45, 2.75) is 6.92 Å². The molecule has 0 aliphatic carbocycles. The summed E-state index contributed by atoms with van der Waals surface area (Å²) >= 11 is 0. The predicted molar refractivity (Wildman–Crippen MR) is 51.9 cm³/mol. The fourth-order valence-corrected chi connectivity index (χ4v) is 0.975. The molecule has 13 heavy (non-hydrogen) atoms. The molecular weight excluding hydrogens is 194 g/mol. The van der Waals surface area contributed by atoms with Gasteiger partial charge in [0.15, 0.2) is 5.96 Å². The minimum atomic E-state index is -0.207. The normalized spacial score (nSPS) is 20.7. The molecule has 0 saturated carbocycles. The van der Waals surface area contributed by atoms with Gasteiger partial charge in [0, 0.05) is 6.54 Å². The molecule has 6 heteroatoms. The van der Waals surface area contributed by atoms with Crippen molar-refractivity contribution in [2.24, 2.45) is 16.6 Å². The van der Waals surface area contributed by atoms with Crippen molar-refractivity contribution in [3.05, 3.63) is 0 Å². The zero-order chi connectivity index (χ0) is 8.97. The van der Waals surface area contributed by atoms with Crippen molar-refractivity contribution in [3.8, 4) is 0 Å². The van der Waals surface area contributed by atoms with Gasteiger partial charge in [-0.2, -0.15) is 0 Å². The van der Waals surface area contributed by atoms with Crippen LogP contribution in [0.3, 0.4) is 0 Å². The van der Waals surface area contributed by atoms with E-state index in [0.29, 0.717) is 25.7 Å². The van der Waals surface area contributed by atoms with E-state index in [1.807, 2.05) is 0 Å². The number of rotatable bonds is 2.